The number of nitrogens with zero attached hydrogens (tertiary/aromatic N) is 2. The Morgan fingerprint density at radius 2 is 1.83 bits per heavy atom. The summed E-state index contributed by atoms with van der Waals surface area (Å²) in [5.74, 6) is -0.647. The Labute approximate surface area is 104 Å². The Hall–Kier alpha value is -0.860. The Balaban J connectivity index is 2.27. The molecule has 8 heteroatoms. The highest BCUT2D eigenvalue weighted by atomic mass is 19.4. The summed E-state index contributed by atoms with van der Waals surface area (Å²) < 4.78 is 35.8. The maximum atomic E-state index is 11.9. The third kappa shape index (κ3) is 5.65. The fourth-order valence-corrected chi connectivity index (χ4v) is 1.61. The fourth-order valence-electron chi connectivity index (χ4n) is 1.61. The fraction of sp³-hybridized carbons (Fsp3) is 0.900. The highest BCUT2D eigenvalue weighted by molar-refractivity contribution is 5.81. The number of halogens is 3. The molecule has 1 heterocycles. The topological polar surface area (TPSA) is 47.6 Å². The SMILES string of the molecule is CC(NN1CCN(C)CC1)C(=O)NCC(F)(F)F. The van der Waals surface area contributed by atoms with Crippen LogP contribution in [0.25, 0.3) is 0 Å². The van der Waals surface area contributed by atoms with Crippen LogP contribution in [0.1, 0.15) is 6.92 Å². The quantitative estimate of drug-likeness (QED) is 0.742. The summed E-state index contributed by atoms with van der Waals surface area (Å²) in [6.45, 7) is 3.47. The molecule has 0 radical (unpaired) electrons. The third-order valence-electron chi connectivity index (χ3n) is 2.74. The van der Waals surface area contributed by atoms with E-state index in [0.717, 1.165) is 26.2 Å². The zero-order chi connectivity index (χ0) is 13.8. The van der Waals surface area contributed by atoms with E-state index in [2.05, 4.69) is 10.3 Å². The average Bonchev–Trinajstić information content (AvgIpc) is 2.28. The first-order chi connectivity index (χ1) is 8.28. The summed E-state index contributed by atoms with van der Waals surface area (Å²) in [7, 11) is 2.00. The number of piperazine rings is 1. The highest BCUT2D eigenvalue weighted by Gasteiger charge is 2.29. The number of alkyl halides is 3. The molecule has 0 aromatic carbocycles. The lowest BCUT2D eigenvalue weighted by Gasteiger charge is -2.34. The van der Waals surface area contributed by atoms with Crippen LogP contribution in [0.3, 0.4) is 0 Å². The molecule has 1 unspecified atom stereocenters. The summed E-state index contributed by atoms with van der Waals surface area (Å²) in [6, 6.07) is -0.671. The molecule has 1 aliphatic rings. The Bertz CT molecular complexity index is 277. The van der Waals surface area contributed by atoms with Gasteiger partial charge in [-0.15, -0.1) is 0 Å². The van der Waals surface area contributed by atoms with Crippen molar-refractivity contribution in [2.75, 3.05) is 39.8 Å². The molecule has 1 rings (SSSR count). The molecule has 5 nitrogen and oxygen atoms in total. The zero-order valence-corrected chi connectivity index (χ0v) is 10.5. The minimum atomic E-state index is -4.37. The Morgan fingerprint density at radius 3 is 2.33 bits per heavy atom. The van der Waals surface area contributed by atoms with Gasteiger partial charge in [0.2, 0.25) is 5.91 Å². The van der Waals surface area contributed by atoms with E-state index in [1.165, 1.54) is 0 Å². The van der Waals surface area contributed by atoms with Gasteiger partial charge in [-0.25, -0.2) is 10.4 Å². The van der Waals surface area contributed by atoms with Crippen molar-refractivity contribution in [3.05, 3.63) is 0 Å². The summed E-state index contributed by atoms with van der Waals surface area (Å²) in [5.41, 5.74) is 2.90. The van der Waals surface area contributed by atoms with Crippen LogP contribution >= 0.6 is 0 Å². The number of rotatable bonds is 4. The van der Waals surface area contributed by atoms with E-state index in [9.17, 15) is 18.0 Å². The number of carbonyl (C=O) groups is 1. The molecular formula is C10H19F3N4O. The number of hydrazine groups is 1. The average molecular weight is 268 g/mol. The van der Waals surface area contributed by atoms with Crippen LogP contribution in [-0.4, -0.2) is 67.8 Å². The minimum Gasteiger partial charge on any atom is -0.346 e. The van der Waals surface area contributed by atoms with Crippen LogP contribution < -0.4 is 10.7 Å². The van der Waals surface area contributed by atoms with Crippen LogP contribution in [0.15, 0.2) is 0 Å². The van der Waals surface area contributed by atoms with Crippen LogP contribution in [-0.2, 0) is 4.79 Å². The highest BCUT2D eigenvalue weighted by Crippen LogP contribution is 2.12. The number of nitrogens with one attached hydrogen (secondary N) is 2. The summed E-state index contributed by atoms with van der Waals surface area (Å²) in [4.78, 5) is 13.6. The van der Waals surface area contributed by atoms with Crippen LogP contribution in [0, 0.1) is 0 Å². The molecule has 106 valence electrons. The maximum absolute atomic E-state index is 11.9. The van der Waals surface area contributed by atoms with Gasteiger partial charge in [0, 0.05) is 26.2 Å². The Morgan fingerprint density at radius 1 is 1.28 bits per heavy atom. The van der Waals surface area contributed by atoms with E-state index in [-0.39, 0.29) is 0 Å². The molecular weight excluding hydrogens is 249 g/mol. The van der Waals surface area contributed by atoms with Gasteiger partial charge in [0.15, 0.2) is 0 Å². The van der Waals surface area contributed by atoms with Crippen molar-refractivity contribution in [2.45, 2.75) is 19.1 Å². The van der Waals surface area contributed by atoms with Gasteiger partial charge in [0.25, 0.3) is 0 Å². The van der Waals surface area contributed by atoms with Crippen LogP contribution in [0.4, 0.5) is 13.2 Å². The number of hydrogen-bond acceptors (Lipinski definition) is 4. The van der Waals surface area contributed by atoms with Gasteiger partial charge in [-0.2, -0.15) is 13.2 Å². The Kier molecular flexibility index (Phi) is 5.36. The third-order valence-corrected chi connectivity index (χ3v) is 2.74. The van der Waals surface area contributed by atoms with E-state index < -0.39 is 24.7 Å². The van der Waals surface area contributed by atoms with Crippen molar-refractivity contribution in [1.29, 1.82) is 0 Å². The lowest BCUT2D eigenvalue weighted by atomic mass is 10.3. The van der Waals surface area contributed by atoms with Gasteiger partial charge in [-0.3, -0.25) is 4.79 Å². The smallest absolute Gasteiger partial charge is 0.346 e. The molecule has 1 fully saturated rings. The molecule has 0 aromatic heterocycles. The van der Waals surface area contributed by atoms with E-state index in [1.54, 1.807) is 6.92 Å². The first-order valence-electron chi connectivity index (χ1n) is 5.82. The second-order valence-electron chi connectivity index (χ2n) is 4.47. The molecule has 18 heavy (non-hydrogen) atoms. The monoisotopic (exact) mass is 268 g/mol. The normalized spacial score (nSPS) is 20.7. The summed E-state index contributed by atoms with van der Waals surface area (Å²) in [5, 5.41) is 3.72. The maximum Gasteiger partial charge on any atom is 0.405 e. The molecule has 1 atom stereocenters. The molecule has 1 aliphatic heterocycles. The number of amides is 1. The second-order valence-corrected chi connectivity index (χ2v) is 4.47. The van der Waals surface area contributed by atoms with Gasteiger partial charge < -0.3 is 10.2 Å². The van der Waals surface area contributed by atoms with Gasteiger partial charge in [0.1, 0.15) is 6.54 Å². The largest absolute Gasteiger partial charge is 0.405 e. The molecule has 2 N–H and O–H groups in total. The van der Waals surface area contributed by atoms with E-state index in [4.69, 9.17) is 0 Å². The first-order valence-corrected chi connectivity index (χ1v) is 5.82. The number of carbonyl (C=O) groups excluding carboxylic acids is 1. The van der Waals surface area contributed by atoms with Crippen molar-refractivity contribution >= 4 is 5.91 Å². The van der Waals surface area contributed by atoms with Crippen LogP contribution in [0.5, 0.6) is 0 Å². The first kappa shape index (κ1) is 15.2. The van der Waals surface area contributed by atoms with Crippen molar-refractivity contribution < 1.29 is 18.0 Å². The summed E-state index contributed by atoms with van der Waals surface area (Å²) >= 11 is 0. The molecule has 0 bridgehead atoms. The molecule has 1 amide bonds. The standard InChI is InChI=1S/C10H19F3N4O/c1-8(9(18)14-7-10(11,12)13)15-17-5-3-16(2)4-6-17/h8,15H,3-7H2,1-2H3,(H,14,18). The van der Waals surface area contributed by atoms with Crippen LogP contribution in [0.2, 0.25) is 0 Å². The van der Waals surface area contributed by atoms with E-state index in [0.29, 0.717) is 0 Å². The van der Waals surface area contributed by atoms with Crippen molar-refractivity contribution in [3.8, 4) is 0 Å². The molecule has 0 aromatic rings. The van der Waals surface area contributed by atoms with E-state index >= 15 is 0 Å². The number of likely N-dealkylation sites (N-methyl/N-ethyl adjacent to an activating group) is 1. The summed E-state index contributed by atoms with van der Waals surface area (Å²) in [6.07, 6.45) is -4.37. The van der Waals surface area contributed by atoms with Gasteiger partial charge in [-0.05, 0) is 14.0 Å². The number of hydrogen-bond donors (Lipinski definition) is 2. The van der Waals surface area contributed by atoms with Crippen molar-refractivity contribution in [1.82, 2.24) is 20.7 Å². The van der Waals surface area contributed by atoms with Gasteiger partial charge in [-0.1, -0.05) is 0 Å². The minimum absolute atomic E-state index is 0.647. The van der Waals surface area contributed by atoms with Crippen molar-refractivity contribution in [3.63, 3.8) is 0 Å². The van der Waals surface area contributed by atoms with Gasteiger partial charge in [0.05, 0.1) is 6.04 Å². The predicted molar refractivity (Wildman–Crippen MR) is 60.7 cm³/mol. The second kappa shape index (κ2) is 6.35. The molecule has 0 saturated carbocycles. The van der Waals surface area contributed by atoms with E-state index in [1.807, 2.05) is 17.4 Å². The zero-order valence-electron chi connectivity index (χ0n) is 10.5. The molecule has 1 saturated heterocycles. The van der Waals surface area contributed by atoms with Crippen molar-refractivity contribution in [2.24, 2.45) is 0 Å². The lowest BCUT2D eigenvalue weighted by molar-refractivity contribution is -0.140. The lowest BCUT2D eigenvalue weighted by Crippen LogP contribution is -2.56. The predicted octanol–water partition coefficient (Wildman–Crippen LogP) is -0.195. The van der Waals surface area contributed by atoms with Gasteiger partial charge >= 0.3 is 6.18 Å². The molecule has 0 spiro atoms. The molecule has 0 aliphatic carbocycles.